The maximum Gasteiger partial charge on any atom is 0.270 e. The quantitative estimate of drug-likeness (QED) is 0.888. The molecule has 2 aromatic rings. The number of aromatic amines is 1. The summed E-state index contributed by atoms with van der Waals surface area (Å²) in [5, 5.41) is 1.03. The number of amides is 2. The Balaban J connectivity index is 1.65. The van der Waals surface area contributed by atoms with Gasteiger partial charge in [-0.15, -0.1) is 0 Å². The van der Waals surface area contributed by atoms with Crippen molar-refractivity contribution in [3.63, 3.8) is 0 Å². The predicted octanol–water partition coefficient (Wildman–Crippen LogP) is 1.05. The first-order valence-electron chi connectivity index (χ1n) is 7.96. The van der Waals surface area contributed by atoms with Gasteiger partial charge < -0.3 is 20.5 Å². The molecule has 0 saturated carbocycles. The Morgan fingerprint density at radius 1 is 1.17 bits per heavy atom. The molecule has 1 saturated heterocycles. The van der Waals surface area contributed by atoms with Crippen molar-refractivity contribution in [2.45, 2.75) is 6.92 Å². The Morgan fingerprint density at radius 3 is 2.48 bits per heavy atom. The van der Waals surface area contributed by atoms with E-state index in [9.17, 15) is 9.59 Å². The first-order valence-corrected chi connectivity index (χ1v) is 7.96. The smallest absolute Gasteiger partial charge is 0.270 e. The number of piperazine rings is 1. The molecule has 1 fully saturated rings. The van der Waals surface area contributed by atoms with Crippen molar-refractivity contribution >= 4 is 22.7 Å². The van der Waals surface area contributed by atoms with Crippen LogP contribution in [0.3, 0.4) is 0 Å². The fourth-order valence-electron chi connectivity index (χ4n) is 2.90. The largest absolute Gasteiger partial charge is 0.351 e. The number of H-pyrrole nitrogens is 1. The van der Waals surface area contributed by atoms with Crippen molar-refractivity contribution in [1.29, 1.82) is 0 Å². The van der Waals surface area contributed by atoms with Crippen LogP contribution in [-0.4, -0.2) is 59.3 Å². The molecule has 1 aromatic carbocycles. The Hall–Kier alpha value is -2.34. The van der Waals surface area contributed by atoms with E-state index in [1.54, 1.807) is 9.80 Å². The van der Waals surface area contributed by atoms with Crippen LogP contribution < -0.4 is 5.73 Å². The first-order chi connectivity index (χ1) is 11.1. The highest BCUT2D eigenvalue weighted by Gasteiger charge is 2.27. The summed E-state index contributed by atoms with van der Waals surface area (Å²) in [5.41, 5.74) is 7.11. The van der Waals surface area contributed by atoms with Crippen molar-refractivity contribution in [2.24, 2.45) is 11.7 Å². The third-order valence-electron chi connectivity index (χ3n) is 4.41. The summed E-state index contributed by atoms with van der Waals surface area (Å²) in [7, 11) is 0. The molecule has 1 unspecified atom stereocenters. The van der Waals surface area contributed by atoms with E-state index >= 15 is 0 Å². The van der Waals surface area contributed by atoms with E-state index in [2.05, 4.69) is 4.98 Å². The summed E-state index contributed by atoms with van der Waals surface area (Å²) in [4.78, 5) is 31.5. The monoisotopic (exact) mass is 314 g/mol. The molecule has 3 N–H and O–H groups in total. The molecule has 122 valence electrons. The third-order valence-corrected chi connectivity index (χ3v) is 4.41. The van der Waals surface area contributed by atoms with Gasteiger partial charge in [-0.3, -0.25) is 9.59 Å². The normalized spacial score (nSPS) is 16.6. The second-order valence-electron chi connectivity index (χ2n) is 6.02. The fourth-order valence-corrected chi connectivity index (χ4v) is 2.90. The fraction of sp³-hybridized carbons (Fsp3) is 0.412. The van der Waals surface area contributed by atoms with Crippen LogP contribution in [0.2, 0.25) is 0 Å². The lowest BCUT2D eigenvalue weighted by atomic mass is 10.1. The van der Waals surface area contributed by atoms with Crippen LogP contribution in [0.15, 0.2) is 30.3 Å². The van der Waals surface area contributed by atoms with Gasteiger partial charge >= 0.3 is 0 Å². The van der Waals surface area contributed by atoms with E-state index in [0.29, 0.717) is 38.4 Å². The van der Waals surface area contributed by atoms with Gasteiger partial charge in [-0.2, -0.15) is 0 Å². The van der Waals surface area contributed by atoms with Gasteiger partial charge in [-0.05, 0) is 12.1 Å². The molecule has 0 spiro atoms. The third kappa shape index (κ3) is 3.07. The highest BCUT2D eigenvalue weighted by molar-refractivity contribution is 5.98. The van der Waals surface area contributed by atoms with Crippen LogP contribution in [0.1, 0.15) is 17.4 Å². The van der Waals surface area contributed by atoms with E-state index in [-0.39, 0.29) is 17.7 Å². The SMILES string of the molecule is CC(CN)C(=O)N1CCN(C(=O)c2cc3ccccc3[nH]2)CC1. The highest BCUT2D eigenvalue weighted by Crippen LogP contribution is 2.17. The summed E-state index contributed by atoms with van der Waals surface area (Å²) < 4.78 is 0. The number of nitrogens with one attached hydrogen (secondary N) is 1. The van der Waals surface area contributed by atoms with Gasteiger partial charge in [0, 0.05) is 49.5 Å². The maximum absolute atomic E-state index is 12.6. The molecule has 0 radical (unpaired) electrons. The number of carbonyl (C=O) groups is 2. The number of nitrogens with two attached hydrogens (primary N) is 1. The number of rotatable bonds is 3. The summed E-state index contributed by atoms with van der Waals surface area (Å²) in [6.45, 7) is 4.43. The highest BCUT2D eigenvalue weighted by atomic mass is 16.2. The topological polar surface area (TPSA) is 82.4 Å². The Morgan fingerprint density at radius 2 is 1.83 bits per heavy atom. The number of carbonyl (C=O) groups excluding carboxylic acids is 2. The Kier molecular flexibility index (Phi) is 4.34. The summed E-state index contributed by atoms with van der Waals surface area (Å²) in [6.07, 6.45) is 0. The van der Waals surface area contributed by atoms with Gasteiger partial charge in [0.05, 0.1) is 0 Å². The number of fused-ring (bicyclic) bond motifs is 1. The number of benzene rings is 1. The summed E-state index contributed by atoms with van der Waals surface area (Å²) in [5.74, 6) is -0.101. The van der Waals surface area contributed by atoms with Gasteiger partial charge in [0.25, 0.3) is 5.91 Å². The molecule has 2 heterocycles. The van der Waals surface area contributed by atoms with Crippen molar-refractivity contribution in [3.8, 4) is 0 Å². The van der Waals surface area contributed by atoms with E-state index < -0.39 is 0 Å². The lowest BCUT2D eigenvalue weighted by Crippen LogP contribution is -2.52. The van der Waals surface area contributed by atoms with Crippen molar-refractivity contribution in [1.82, 2.24) is 14.8 Å². The molecular weight excluding hydrogens is 292 g/mol. The second kappa shape index (κ2) is 6.42. The molecule has 6 heteroatoms. The van der Waals surface area contributed by atoms with Gasteiger partial charge in [0.2, 0.25) is 5.91 Å². The molecule has 23 heavy (non-hydrogen) atoms. The molecule has 1 aromatic heterocycles. The lowest BCUT2D eigenvalue weighted by Gasteiger charge is -2.35. The van der Waals surface area contributed by atoms with E-state index in [4.69, 9.17) is 5.73 Å². The number of hydrogen-bond acceptors (Lipinski definition) is 3. The minimum atomic E-state index is -0.161. The minimum Gasteiger partial charge on any atom is -0.351 e. The van der Waals surface area contributed by atoms with E-state index in [1.807, 2.05) is 37.3 Å². The molecular formula is C17H22N4O2. The van der Waals surface area contributed by atoms with Crippen LogP contribution in [0.4, 0.5) is 0 Å². The zero-order valence-corrected chi connectivity index (χ0v) is 13.3. The molecule has 1 aliphatic rings. The zero-order valence-electron chi connectivity index (χ0n) is 13.3. The van der Waals surface area contributed by atoms with E-state index in [1.165, 1.54) is 0 Å². The molecule has 1 aliphatic heterocycles. The average molecular weight is 314 g/mol. The van der Waals surface area contributed by atoms with Gasteiger partial charge in [0.1, 0.15) is 5.69 Å². The number of aromatic nitrogens is 1. The standard InChI is InChI=1S/C17H22N4O2/c1-12(11-18)16(22)20-6-8-21(9-7-20)17(23)15-10-13-4-2-3-5-14(13)19-15/h2-5,10,12,19H,6-9,11,18H2,1H3. The van der Waals surface area contributed by atoms with Crippen LogP contribution in [0.5, 0.6) is 0 Å². The predicted molar refractivity (Wildman–Crippen MR) is 89.0 cm³/mol. The van der Waals surface area contributed by atoms with Crippen LogP contribution >= 0.6 is 0 Å². The molecule has 3 rings (SSSR count). The van der Waals surface area contributed by atoms with Crippen molar-refractivity contribution in [2.75, 3.05) is 32.7 Å². The van der Waals surface area contributed by atoms with Crippen LogP contribution in [0, 0.1) is 5.92 Å². The van der Waals surface area contributed by atoms with Crippen molar-refractivity contribution in [3.05, 3.63) is 36.0 Å². The molecule has 1 atom stereocenters. The van der Waals surface area contributed by atoms with Crippen LogP contribution in [-0.2, 0) is 4.79 Å². The van der Waals surface area contributed by atoms with Gasteiger partial charge in [0.15, 0.2) is 0 Å². The Labute approximate surface area is 135 Å². The van der Waals surface area contributed by atoms with Crippen LogP contribution in [0.25, 0.3) is 10.9 Å². The average Bonchev–Trinajstić information content (AvgIpc) is 3.04. The minimum absolute atomic E-state index is 0.0137. The number of hydrogen-bond donors (Lipinski definition) is 2. The van der Waals surface area contributed by atoms with Crippen molar-refractivity contribution < 1.29 is 9.59 Å². The lowest BCUT2D eigenvalue weighted by molar-refractivity contribution is -0.136. The molecule has 6 nitrogen and oxygen atoms in total. The summed E-state index contributed by atoms with van der Waals surface area (Å²) >= 11 is 0. The molecule has 0 aliphatic carbocycles. The molecule has 2 amide bonds. The maximum atomic E-state index is 12.6. The van der Waals surface area contributed by atoms with Gasteiger partial charge in [-0.25, -0.2) is 0 Å². The second-order valence-corrected chi connectivity index (χ2v) is 6.02. The Bertz CT molecular complexity index is 683. The number of nitrogens with zero attached hydrogens (tertiary/aromatic N) is 2. The van der Waals surface area contributed by atoms with Gasteiger partial charge in [-0.1, -0.05) is 25.1 Å². The number of para-hydroxylation sites is 1. The van der Waals surface area contributed by atoms with E-state index in [0.717, 1.165) is 10.9 Å². The molecule has 0 bridgehead atoms. The first kappa shape index (κ1) is 15.6. The summed E-state index contributed by atoms with van der Waals surface area (Å²) in [6, 6.07) is 9.71. The zero-order chi connectivity index (χ0) is 16.4.